The van der Waals surface area contributed by atoms with Crippen LogP contribution in [0.1, 0.15) is 44.0 Å². The van der Waals surface area contributed by atoms with Crippen molar-refractivity contribution in [2.24, 2.45) is 0 Å². The predicted molar refractivity (Wildman–Crippen MR) is 109 cm³/mol. The van der Waals surface area contributed by atoms with Crippen molar-refractivity contribution in [3.05, 3.63) is 41.5 Å². The maximum atomic E-state index is 12.3. The van der Waals surface area contributed by atoms with Crippen LogP contribution in [0.2, 0.25) is 0 Å². The molecule has 2 N–H and O–H groups in total. The van der Waals surface area contributed by atoms with Gasteiger partial charge in [-0.15, -0.1) is 0 Å². The Hall–Kier alpha value is -3.16. The second kappa shape index (κ2) is 10.4. The number of likely N-dealkylation sites (tertiary alicyclic amines) is 1. The van der Waals surface area contributed by atoms with E-state index >= 15 is 0 Å². The smallest absolute Gasteiger partial charge is 0.409 e. The van der Waals surface area contributed by atoms with E-state index in [1.54, 1.807) is 43.0 Å². The minimum absolute atomic E-state index is 0.0521. The van der Waals surface area contributed by atoms with Gasteiger partial charge in [-0.05, 0) is 57.9 Å². The first-order chi connectivity index (χ1) is 13.8. The summed E-state index contributed by atoms with van der Waals surface area (Å²) in [5.41, 5.74) is 1.37. The number of Topliss-reactive ketones (excluding diaryl/α,β-unsaturated/α-hetero) is 1. The van der Waals surface area contributed by atoms with E-state index in [9.17, 15) is 19.2 Å². The fraction of sp³-hybridized carbons (Fsp3) is 0.429. The molecule has 0 aromatic heterocycles. The van der Waals surface area contributed by atoms with Crippen LogP contribution in [-0.4, -0.2) is 54.3 Å². The van der Waals surface area contributed by atoms with E-state index in [0.717, 1.165) is 0 Å². The number of hydrogen-bond acceptors (Lipinski definition) is 5. The summed E-state index contributed by atoms with van der Waals surface area (Å²) in [5, 5.41) is 5.56. The highest BCUT2D eigenvalue weighted by Crippen LogP contribution is 2.13. The highest BCUT2D eigenvalue weighted by Gasteiger charge is 2.24. The number of carbonyl (C=O) groups is 4. The number of ketones is 1. The molecule has 0 unspecified atom stereocenters. The lowest BCUT2D eigenvalue weighted by Crippen LogP contribution is -2.46. The van der Waals surface area contributed by atoms with E-state index in [1.165, 1.54) is 13.0 Å². The van der Waals surface area contributed by atoms with Crippen molar-refractivity contribution in [1.82, 2.24) is 10.2 Å². The van der Waals surface area contributed by atoms with Gasteiger partial charge in [0.2, 0.25) is 5.91 Å². The lowest BCUT2D eigenvalue weighted by molar-refractivity contribution is -0.118. The van der Waals surface area contributed by atoms with Gasteiger partial charge in [0.15, 0.2) is 5.78 Å². The zero-order valence-electron chi connectivity index (χ0n) is 17.0. The molecule has 1 heterocycles. The molecule has 0 radical (unpaired) electrons. The second-order valence-corrected chi connectivity index (χ2v) is 6.88. The average Bonchev–Trinajstić information content (AvgIpc) is 2.69. The summed E-state index contributed by atoms with van der Waals surface area (Å²) in [6, 6.07) is 6.48. The van der Waals surface area contributed by atoms with Crippen molar-refractivity contribution in [3.63, 3.8) is 0 Å². The summed E-state index contributed by atoms with van der Waals surface area (Å²) in [6.45, 7) is 6.16. The molecule has 1 saturated heterocycles. The number of nitrogens with one attached hydrogen (secondary N) is 2. The van der Waals surface area contributed by atoms with Gasteiger partial charge in [0.05, 0.1) is 6.61 Å². The van der Waals surface area contributed by atoms with E-state index in [2.05, 4.69) is 10.6 Å². The van der Waals surface area contributed by atoms with Crippen molar-refractivity contribution in [2.45, 2.75) is 39.7 Å². The minimum atomic E-state index is -0.396. The SMILES string of the molecule is CCOC(=O)N1CCC(NC(=O)/C=C(/C)C(=O)Nc2ccc(C(C)=O)cc2)CC1. The molecule has 0 bridgehead atoms. The van der Waals surface area contributed by atoms with E-state index in [0.29, 0.717) is 43.8 Å². The van der Waals surface area contributed by atoms with Crippen LogP contribution >= 0.6 is 0 Å². The molecule has 0 atom stereocenters. The number of hydrogen-bond donors (Lipinski definition) is 2. The first-order valence-corrected chi connectivity index (χ1v) is 9.63. The van der Waals surface area contributed by atoms with Crippen LogP contribution < -0.4 is 10.6 Å². The van der Waals surface area contributed by atoms with Crippen LogP contribution in [0.5, 0.6) is 0 Å². The van der Waals surface area contributed by atoms with Gasteiger partial charge in [0.1, 0.15) is 0 Å². The number of benzene rings is 1. The molecule has 0 aliphatic carbocycles. The summed E-state index contributed by atoms with van der Waals surface area (Å²) in [6.07, 6.45) is 2.19. The highest BCUT2D eigenvalue weighted by molar-refractivity contribution is 6.07. The molecular weight excluding hydrogens is 374 g/mol. The fourth-order valence-corrected chi connectivity index (χ4v) is 2.94. The minimum Gasteiger partial charge on any atom is -0.450 e. The molecule has 0 spiro atoms. The number of amides is 3. The second-order valence-electron chi connectivity index (χ2n) is 6.88. The van der Waals surface area contributed by atoms with Gasteiger partial charge < -0.3 is 20.3 Å². The number of rotatable bonds is 6. The number of carbonyl (C=O) groups excluding carboxylic acids is 4. The van der Waals surface area contributed by atoms with Crippen molar-refractivity contribution in [1.29, 1.82) is 0 Å². The largest absolute Gasteiger partial charge is 0.450 e. The molecule has 8 nitrogen and oxygen atoms in total. The molecule has 156 valence electrons. The Balaban J connectivity index is 1.83. The van der Waals surface area contributed by atoms with Gasteiger partial charge in [-0.2, -0.15) is 0 Å². The molecule has 2 rings (SSSR count). The van der Waals surface area contributed by atoms with E-state index in [1.807, 2.05) is 0 Å². The Morgan fingerprint density at radius 2 is 1.72 bits per heavy atom. The van der Waals surface area contributed by atoms with Crippen molar-refractivity contribution in [3.8, 4) is 0 Å². The van der Waals surface area contributed by atoms with Crippen LogP contribution in [-0.2, 0) is 14.3 Å². The molecule has 1 aromatic rings. The first-order valence-electron chi connectivity index (χ1n) is 9.63. The molecule has 1 aromatic carbocycles. The van der Waals surface area contributed by atoms with Gasteiger partial charge in [0.25, 0.3) is 5.91 Å². The number of ether oxygens (including phenoxy) is 1. The summed E-state index contributed by atoms with van der Waals surface area (Å²) >= 11 is 0. The van der Waals surface area contributed by atoms with Crippen LogP contribution in [0, 0.1) is 0 Å². The predicted octanol–water partition coefficient (Wildman–Crippen LogP) is 2.51. The molecule has 8 heteroatoms. The summed E-state index contributed by atoms with van der Waals surface area (Å²) in [7, 11) is 0. The van der Waals surface area contributed by atoms with Gasteiger partial charge in [-0.3, -0.25) is 14.4 Å². The summed E-state index contributed by atoms with van der Waals surface area (Å²) < 4.78 is 4.97. The quantitative estimate of drug-likeness (QED) is 0.563. The van der Waals surface area contributed by atoms with E-state index < -0.39 is 5.91 Å². The fourth-order valence-electron chi connectivity index (χ4n) is 2.94. The molecule has 0 saturated carbocycles. The Morgan fingerprint density at radius 1 is 1.10 bits per heavy atom. The Kier molecular flexibility index (Phi) is 7.94. The van der Waals surface area contributed by atoms with E-state index in [4.69, 9.17) is 4.74 Å². The average molecular weight is 401 g/mol. The number of anilines is 1. The molecule has 1 fully saturated rings. The van der Waals surface area contributed by atoms with E-state index in [-0.39, 0.29) is 29.4 Å². The third-order valence-corrected chi connectivity index (χ3v) is 4.62. The van der Waals surface area contributed by atoms with Crippen molar-refractivity contribution in [2.75, 3.05) is 25.0 Å². The Bertz CT molecular complexity index is 793. The lowest BCUT2D eigenvalue weighted by Gasteiger charge is -2.31. The van der Waals surface area contributed by atoms with Crippen LogP contribution in [0.3, 0.4) is 0 Å². The Morgan fingerprint density at radius 3 is 2.28 bits per heavy atom. The zero-order chi connectivity index (χ0) is 21.4. The standard InChI is InChI=1S/C21H27N3O5/c1-4-29-21(28)24-11-9-18(10-12-24)22-19(26)13-14(2)20(27)23-17-7-5-16(6-8-17)15(3)25/h5-8,13,18H,4,9-12H2,1-3H3,(H,22,26)(H,23,27)/b14-13-. The third-order valence-electron chi connectivity index (χ3n) is 4.62. The topological polar surface area (TPSA) is 105 Å². The third kappa shape index (κ3) is 6.74. The van der Waals surface area contributed by atoms with Crippen LogP contribution in [0.25, 0.3) is 0 Å². The molecule has 29 heavy (non-hydrogen) atoms. The van der Waals surface area contributed by atoms with Gasteiger partial charge in [-0.1, -0.05) is 0 Å². The summed E-state index contributed by atoms with van der Waals surface area (Å²) in [5.74, 6) is -0.796. The zero-order valence-corrected chi connectivity index (χ0v) is 17.0. The summed E-state index contributed by atoms with van der Waals surface area (Å²) in [4.78, 5) is 49.1. The van der Waals surface area contributed by atoms with Gasteiger partial charge in [0, 0.05) is 42.0 Å². The van der Waals surface area contributed by atoms with Crippen molar-refractivity contribution < 1.29 is 23.9 Å². The maximum Gasteiger partial charge on any atom is 0.409 e. The number of nitrogens with zero attached hydrogens (tertiary/aromatic N) is 1. The van der Waals surface area contributed by atoms with Gasteiger partial charge >= 0.3 is 6.09 Å². The van der Waals surface area contributed by atoms with Crippen LogP contribution in [0.15, 0.2) is 35.9 Å². The maximum absolute atomic E-state index is 12.3. The normalized spacial score (nSPS) is 14.9. The first kappa shape index (κ1) is 22.1. The molecular formula is C21H27N3O5. The lowest BCUT2D eigenvalue weighted by atomic mass is 10.1. The highest BCUT2D eigenvalue weighted by atomic mass is 16.6. The molecule has 3 amide bonds. The molecule has 1 aliphatic rings. The molecule has 1 aliphatic heterocycles. The number of piperidine rings is 1. The monoisotopic (exact) mass is 401 g/mol. The van der Waals surface area contributed by atoms with Crippen molar-refractivity contribution >= 4 is 29.4 Å². The van der Waals surface area contributed by atoms with Gasteiger partial charge in [-0.25, -0.2) is 4.79 Å². The van der Waals surface area contributed by atoms with Crippen LogP contribution in [0.4, 0.5) is 10.5 Å². The Labute approximate surface area is 170 Å².